The van der Waals surface area contributed by atoms with Crippen molar-refractivity contribution in [2.24, 2.45) is 0 Å². The van der Waals surface area contributed by atoms with Crippen molar-refractivity contribution in [1.82, 2.24) is 0 Å². The van der Waals surface area contributed by atoms with E-state index in [0.717, 1.165) is 11.1 Å². The van der Waals surface area contributed by atoms with Crippen LogP contribution in [-0.4, -0.2) is 5.78 Å². The lowest BCUT2D eigenvalue weighted by Gasteiger charge is -2.05. The van der Waals surface area contributed by atoms with Crippen LogP contribution in [0.1, 0.15) is 55.5 Å². The first kappa shape index (κ1) is 15.5. The summed E-state index contributed by atoms with van der Waals surface area (Å²) in [5.74, 6) is 0.115. The molecule has 0 saturated heterocycles. The first-order valence-corrected chi connectivity index (χ1v) is 7.91. The predicted octanol–water partition coefficient (Wildman–Crippen LogP) is 5.68. The summed E-state index contributed by atoms with van der Waals surface area (Å²) in [6, 6.07) is 16.6. The molecule has 0 radical (unpaired) electrons. The van der Waals surface area contributed by atoms with Crippen molar-refractivity contribution in [3.63, 3.8) is 0 Å². The molecule has 0 bridgehead atoms. The molecule has 2 aromatic carbocycles. The first-order valence-electron chi connectivity index (χ1n) is 7.91. The Morgan fingerprint density at radius 1 is 0.810 bits per heavy atom. The molecule has 0 N–H and O–H groups in total. The van der Waals surface area contributed by atoms with Gasteiger partial charge in [0, 0.05) is 5.56 Å². The molecule has 21 heavy (non-hydrogen) atoms. The van der Waals surface area contributed by atoms with Crippen LogP contribution in [0.25, 0.3) is 11.1 Å². The van der Waals surface area contributed by atoms with E-state index in [0.29, 0.717) is 0 Å². The van der Waals surface area contributed by atoms with Gasteiger partial charge in [0.1, 0.15) is 0 Å². The Balaban J connectivity index is 1.99. The van der Waals surface area contributed by atoms with Crippen molar-refractivity contribution >= 4 is 5.78 Å². The lowest BCUT2D eigenvalue weighted by Crippen LogP contribution is -1.91. The van der Waals surface area contributed by atoms with E-state index in [1.54, 1.807) is 6.92 Å². The van der Waals surface area contributed by atoms with Crippen molar-refractivity contribution in [3.05, 3.63) is 59.7 Å². The van der Waals surface area contributed by atoms with Gasteiger partial charge in [0.25, 0.3) is 0 Å². The highest BCUT2D eigenvalue weighted by molar-refractivity contribution is 5.94. The van der Waals surface area contributed by atoms with Gasteiger partial charge in [-0.2, -0.15) is 0 Å². The smallest absolute Gasteiger partial charge is 0.159 e. The first-order chi connectivity index (χ1) is 10.2. The quantitative estimate of drug-likeness (QED) is 0.471. The van der Waals surface area contributed by atoms with Gasteiger partial charge in [-0.25, -0.2) is 0 Å². The molecule has 0 amide bonds. The number of carbonyl (C=O) groups excluding carboxylic acids is 1. The molecule has 1 heteroatoms. The number of carbonyl (C=O) groups is 1. The molecule has 0 unspecified atom stereocenters. The van der Waals surface area contributed by atoms with Crippen molar-refractivity contribution < 1.29 is 4.79 Å². The van der Waals surface area contributed by atoms with Gasteiger partial charge < -0.3 is 0 Å². The van der Waals surface area contributed by atoms with Crippen LogP contribution < -0.4 is 0 Å². The van der Waals surface area contributed by atoms with Crippen LogP contribution in [0.2, 0.25) is 0 Å². The molecular formula is C20H24O. The zero-order chi connectivity index (χ0) is 15.1. The Kier molecular flexibility index (Phi) is 5.74. The monoisotopic (exact) mass is 280 g/mol. The van der Waals surface area contributed by atoms with Crippen LogP contribution in [0.3, 0.4) is 0 Å². The third-order valence-corrected chi connectivity index (χ3v) is 3.90. The SMILES string of the molecule is CCCCCCc1ccc(-c2ccc(C(C)=O)cc2)cc1. The minimum absolute atomic E-state index is 0.115. The van der Waals surface area contributed by atoms with Crippen LogP contribution in [0, 0.1) is 0 Å². The van der Waals surface area contributed by atoms with E-state index in [9.17, 15) is 4.79 Å². The number of ketones is 1. The number of aryl methyl sites for hydroxylation is 1. The van der Waals surface area contributed by atoms with E-state index in [-0.39, 0.29) is 5.78 Å². The van der Waals surface area contributed by atoms with Gasteiger partial charge in [-0.15, -0.1) is 0 Å². The lowest BCUT2D eigenvalue weighted by atomic mass is 10.00. The number of Topliss-reactive ketones (excluding diaryl/α,β-unsaturated/α-hetero) is 1. The highest BCUT2D eigenvalue weighted by Gasteiger charge is 2.01. The molecule has 0 aromatic heterocycles. The van der Waals surface area contributed by atoms with Gasteiger partial charge in [-0.3, -0.25) is 4.79 Å². The second kappa shape index (κ2) is 7.78. The highest BCUT2D eigenvalue weighted by Crippen LogP contribution is 2.21. The summed E-state index contributed by atoms with van der Waals surface area (Å²) >= 11 is 0. The Hall–Kier alpha value is -1.89. The van der Waals surface area contributed by atoms with Crippen molar-refractivity contribution in [2.75, 3.05) is 0 Å². The lowest BCUT2D eigenvalue weighted by molar-refractivity contribution is 0.101. The van der Waals surface area contributed by atoms with Gasteiger partial charge in [-0.1, -0.05) is 74.7 Å². The minimum atomic E-state index is 0.115. The van der Waals surface area contributed by atoms with E-state index < -0.39 is 0 Å². The second-order valence-electron chi connectivity index (χ2n) is 5.64. The molecule has 110 valence electrons. The number of hydrogen-bond acceptors (Lipinski definition) is 1. The summed E-state index contributed by atoms with van der Waals surface area (Å²) in [4.78, 5) is 11.3. The molecule has 0 spiro atoms. The van der Waals surface area contributed by atoms with Crippen LogP contribution in [0.4, 0.5) is 0 Å². The fourth-order valence-electron chi connectivity index (χ4n) is 2.52. The van der Waals surface area contributed by atoms with Crippen LogP contribution in [0.15, 0.2) is 48.5 Å². The maximum absolute atomic E-state index is 11.3. The van der Waals surface area contributed by atoms with Crippen LogP contribution >= 0.6 is 0 Å². The normalized spacial score (nSPS) is 10.6. The van der Waals surface area contributed by atoms with Crippen LogP contribution in [0.5, 0.6) is 0 Å². The van der Waals surface area contributed by atoms with Crippen molar-refractivity contribution in [2.45, 2.75) is 46.0 Å². The number of hydrogen-bond donors (Lipinski definition) is 0. The van der Waals surface area contributed by atoms with Gasteiger partial charge >= 0.3 is 0 Å². The fourth-order valence-corrected chi connectivity index (χ4v) is 2.52. The van der Waals surface area contributed by atoms with E-state index in [2.05, 4.69) is 31.2 Å². The Labute approximate surface area is 128 Å². The molecule has 2 rings (SSSR count). The molecular weight excluding hydrogens is 256 g/mol. The average molecular weight is 280 g/mol. The topological polar surface area (TPSA) is 17.1 Å². The predicted molar refractivity (Wildman–Crippen MR) is 89.7 cm³/mol. The molecule has 0 aliphatic carbocycles. The number of benzene rings is 2. The van der Waals surface area contributed by atoms with E-state index in [4.69, 9.17) is 0 Å². The zero-order valence-electron chi connectivity index (χ0n) is 13.1. The van der Waals surface area contributed by atoms with Crippen LogP contribution in [-0.2, 0) is 6.42 Å². The van der Waals surface area contributed by atoms with Gasteiger partial charge in [0.2, 0.25) is 0 Å². The second-order valence-corrected chi connectivity index (χ2v) is 5.64. The summed E-state index contributed by atoms with van der Waals surface area (Å²) in [6.45, 7) is 3.84. The minimum Gasteiger partial charge on any atom is -0.295 e. The van der Waals surface area contributed by atoms with E-state index in [1.165, 1.54) is 43.2 Å². The molecule has 0 fully saturated rings. The molecule has 0 saturated carbocycles. The molecule has 0 aliphatic rings. The number of rotatable bonds is 7. The summed E-state index contributed by atoms with van der Waals surface area (Å²) in [7, 11) is 0. The largest absolute Gasteiger partial charge is 0.295 e. The van der Waals surface area contributed by atoms with Gasteiger partial charge in [-0.05, 0) is 36.5 Å². The van der Waals surface area contributed by atoms with Gasteiger partial charge in [0.15, 0.2) is 5.78 Å². The maximum atomic E-state index is 11.3. The molecule has 2 aromatic rings. The summed E-state index contributed by atoms with van der Waals surface area (Å²) in [5, 5.41) is 0. The molecule has 1 nitrogen and oxygen atoms in total. The Bertz CT molecular complexity index is 564. The highest BCUT2D eigenvalue weighted by atomic mass is 16.1. The maximum Gasteiger partial charge on any atom is 0.159 e. The van der Waals surface area contributed by atoms with Crippen molar-refractivity contribution in [1.29, 1.82) is 0 Å². The molecule has 0 heterocycles. The Morgan fingerprint density at radius 3 is 1.90 bits per heavy atom. The third-order valence-electron chi connectivity index (χ3n) is 3.90. The standard InChI is InChI=1S/C20H24O/c1-3-4-5-6-7-17-8-10-19(11-9-17)20-14-12-18(13-15-20)16(2)21/h8-15H,3-7H2,1-2H3. The Morgan fingerprint density at radius 2 is 1.38 bits per heavy atom. The molecule has 0 aliphatic heterocycles. The summed E-state index contributed by atoms with van der Waals surface area (Å²) in [6.07, 6.45) is 6.39. The van der Waals surface area contributed by atoms with Crippen molar-refractivity contribution in [3.8, 4) is 11.1 Å². The van der Waals surface area contributed by atoms with E-state index in [1.807, 2.05) is 24.3 Å². The summed E-state index contributed by atoms with van der Waals surface area (Å²) < 4.78 is 0. The van der Waals surface area contributed by atoms with E-state index >= 15 is 0 Å². The molecule has 0 atom stereocenters. The fraction of sp³-hybridized carbons (Fsp3) is 0.350. The third kappa shape index (κ3) is 4.56. The zero-order valence-corrected chi connectivity index (χ0v) is 13.1. The van der Waals surface area contributed by atoms with Gasteiger partial charge in [0.05, 0.1) is 0 Å². The average Bonchev–Trinajstić information content (AvgIpc) is 2.52. The summed E-state index contributed by atoms with van der Waals surface area (Å²) in [5.41, 5.74) is 4.56. The number of unbranched alkanes of at least 4 members (excludes halogenated alkanes) is 3.